The van der Waals surface area contributed by atoms with Crippen LogP contribution >= 0.6 is 0 Å². The number of methoxy groups -OCH3 is 2. The summed E-state index contributed by atoms with van der Waals surface area (Å²) in [6.45, 7) is -0.618. The normalized spacial score (nSPS) is 9.67. The molecule has 0 unspecified atom stereocenters. The number of carbonyl (C=O) groups excluding carboxylic acids is 1. The van der Waals surface area contributed by atoms with Crippen molar-refractivity contribution in [1.82, 2.24) is 5.48 Å². The molecule has 2 N–H and O–H groups in total. The molecule has 0 aliphatic carbocycles. The van der Waals surface area contributed by atoms with Gasteiger partial charge in [0.2, 0.25) is 0 Å². The predicted molar refractivity (Wildman–Crippen MR) is 60.6 cm³/mol. The quantitative estimate of drug-likeness (QED) is 0.717. The molecule has 0 aliphatic heterocycles. The Bertz CT molecular complexity index is 423. The molecule has 0 bridgehead atoms. The number of hydrogen-bond donors (Lipinski definition) is 2. The maximum Gasteiger partial charge on any atom is 0.332 e. The molecule has 1 rings (SSSR count). The number of amides is 1. The molecule has 0 atom stereocenters. The summed E-state index contributed by atoms with van der Waals surface area (Å²) in [5, 5.41) is 8.34. The van der Waals surface area contributed by atoms with Crippen LogP contribution in [0.3, 0.4) is 0 Å². The maximum absolute atomic E-state index is 11.6. The topological polar surface area (TPSA) is 94.1 Å². The first kappa shape index (κ1) is 13.8. The van der Waals surface area contributed by atoms with E-state index in [1.54, 1.807) is 6.07 Å². The number of carboxylic acids is 1. The summed E-state index contributed by atoms with van der Waals surface area (Å²) in [4.78, 5) is 26.3. The molecule has 18 heavy (non-hydrogen) atoms. The fraction of sp³-hybridized carbons (Fsp3) is 0.273. The van der Waals surface area contributed by atoms with E-state index in [0.29, 0.717) is 11.5 Å². The summed E-state index contributed by atoms with van der Waals surface area (Å²) in [5.74, 6) is -0.887. The Labute approximate surface area is 103 Å². The molecule has 0 heterocycles. The zero-order chi connectivity index (χ0) is 13.5. The highest BCUT2D eigenvalue weighted by Gasteiger charge is 2.10. The van der Waals surface area contributed by atoms with Crippen LogP contribution in [0.2, 0.25) is 0 Å². The number of ether oxygens (including phenoxy) is 2. The van der Waals surface area contributed by atoms with E-state index in [2.05, 4.69) is 4.84 Å². The first-order chi connectivity index (χ1) is 8.56. The zero-order valence-corrected chi connectivity index (χ0v) is 9.93. The number of hydrogen-bond acceptors (Lipinski definition) is 5. The van der Waals surface area contributed by atoms with Crippen molar-refractivity contribution in [3.8, 4) is 11.5 Å². The van der Waals surface area contributed by atoms with Gasteiger partial charge in [-0.15, -0.1) is 0 Å². The molecule has 0 spiro atoms. The van der Waals surface area contributed by atoms with Gasteiger partial charge in [-0.2, -0.15) is 0 Å². The third kappa shape index (κ3) is 3.95. The van der Waals surface area contributed by atoms with E-state index in [1.165, 1.54) is 26.4 Å². The molecule has 0 radical (unpaired) electrons. The van der Waals surface area contributed by atoms with Gasteiger partial charge in [-0.1, -0.05) is 0 Å². The molecule has 7 nitrogen and oxygen atoms in total. The molecule has 0 aromatic heterocycles. The lowest BCUT2D eigenvalue weighted by Gasteiger charge is -2.08. The fourth-order valence-corrected chi connectivity index (χ4v) is 1.16. The lowest BCUT2D eigenvalue weighted by atomic mass is 10.2. The van der Waals surface area contributed by atoms with Crippen molar-refractivity contribution in [1.29, 1.82) is 0 Å². The number of rotatable bonds is 6. The lowest BCUT2D eigenvalue weighted by molar-refractivity contribution is -0.144. The molecule has 0 aliphatic rings. The molecule has 0 saturated carbocycles. The molecular weight excluding hydrogens is 242 g/mol. The van der Waals surface area contributed by atoms with E-state index in [9.17, 15) is 9.59 Å². The standard InChI is InChI=1S/C11H13NO6/c1-16-8-3-7(4-9(5-8)17-2)11(15)12-18-6-10(13)14/h3-5H,6H2,1-2H3,(H,12,15)(H,13,14). The first-order valence-electron chi connectivity index (χ1n) is 4.94. The van der Waals surface area contributed by atoms with Gasteiger partial charge in [0.25, 0.3) is 5.91 Å². The number of aliphatic carboxylic acids is 1. The van der Waals surface area contributed by atoms with Crippen molar-refractivity contribution in [2.45, 2.75) is 0 Å². The van der Waals surface area contributed by atoms with Gasteiger partial charge in [0.1, 0.15) is 11.5 Å². The maximum atomic E-state index is 11.6. The van der Waals surface area contributed by atoms with Crippen molar-refractivity contribution >= 4 is 11.9 Å². The molecule has 1 amide bonds. The smallest absolute Gasteiger partial charge is 0.332 e. The van der Waals surface area contributed by atoms with Crippen LogP contribution in [0, 0.1) is 0 Å². The van der Waals surface area contributed by atoms with Crippen LogP contribution < -0.4 is 15.0 Å². The van der Waals surface area contributed by atoms with Gasteiger partial charge in [0, 0.05) is 11.6 Å². The Hall–Kier alpha value is -2.28. The highest BCUT2D eigenvalue weighted by Crippen LogP contribution is 2.22. The zero-order valence-electron chi connectivity index (χ0n) is 9.93. The van der Waals surface area contributed by atoms with Crippen LogP contribution in [0.25, 0.3) is 0 Å². The van der Waals surface area contributed by atoms with E-state index in [4.69, 9.17) is 14.6 Å². The summed E-state index contributed by atoms with van der Waals surface area (Å²) in [7, 11) is 2.91. The average molecular weight is 255 g/mol. The highest BCUT2D eigenvalue weighted by molar-refractivity contribution is 5.94. The Morgan fingerprint density at radius 2 is 1.72 bits per heavy atom. The van der Waals surface area contributed by atoms with Gasteiger partial charge in [-0.3, -0.25) is 9.63 Å². The van der Waals surface area contributed by atoms with Crippen molar-refractivity contribution in [2.24, 2.45) is 0 Å². The van der Waals surface area contributed by atoms with E-state index in [0.717, 1.165) is 0 Å². The van der Waals surface area contributed by atoms with Crippen molar-refractivity contribution in [2.75, 3.05) is 20.8 Å². The predicted octanol–water partition coefficient (Wildman–Crippen LogP) is 0.450. The third-order valence-electron chi connectivity index (χ3n) is 1.97. The van der Waals surface area contributed by atoms with Crippen LogP contribution in [0.4, 0.5) is 0 Å². The number of nitrogens with one attached hydrogen (secondary N) is 1. The molecule has 0 saturated heterocycles. The molecule has 98 valence electrons. The Morgan fingerprint density at radius 3 is 2.17 bits per heavy atom. The molecule has 7 heteroatoms. The summed E-state index contributed by atoms with van der Waals surface area (Å²) in [6.07, 6.45) is 0. The van der Waals surface area contributed by atoms with Gasteiger partial charge in [-0.25, -0.2) is 10.3 Å². The number of hydroxylamine groups is 1. The third-order valence-corrected chi connectivity index (χ3v) is 1.97. The number of carboxylic acid groups (broad SMARTS) is 1. The van der Waals surface area contributed by atoms with Crippen LogP contribution in [0.1, 0.15) is 10.4 Å². The molecule has 0 fully saturated rings. The summed E-state index contributed by atoms with van der Waals surface area (Å²) in [5.41, 5.74) is 2.23. The van der Waals surface area contributed by atoms with E-state index in [1.807, 2.05) is 5.48 Å². The largest absolute Gasteiger partial charge is 0.497 e. The summed E-state index contributed by atoms with van der Waals surface area (Å²) in [6, 6.07) is 4.55. The Kier molecular flexibility index (Phi) is 4.94. The number of carbonyl (C=O) groups is 2. The summed E-state index contributed by atoms with van der Waals surface area (Å²) >= 11 is 0. The van der Waals surface area contributed by atoms with Crippen LogP contribution in [-0.4, -0.2) is 37.8 Å². The first-order valence-corrected chi connectivity index (χ1v) is 4.94. The SMILES string of the molecule is COc1cc(OC)cc(C(=O)NOCC(=O)O)c1. The second kappa shape index (κ2) is 6.45. The molecule has 1 aromatic rings. The number of benzene rings is 1. The van der Waals surface area contributed by atoms with Crippen molar-refractivity contribution in [3.63, 3.8) is 0 Å². The summed E-state index contributed by atoms with van der Waals surface area (Å²) < 4.78 is 9.99. The highest BCUT2D eigenvalue weighted by atomic mass is 16.7. The monoisotopic (exact) mass is 255 g/mol. The minimum Gasteiger partial charge on any atom is -0.497 e. The minimum absolute atomic E-state index is 0.233. The van der Waals surface area contributed by atoms with Crippen LogP contribution in [0.5, 0.6) is 11.5 Å². The van der Waals surface area contributed by atoms with Crippen LogP contribution in [-0.2, 0) is 9.63 Å². The van der Waals surface area contributed by atoms with Crippen LogP contribution in [0.15, 0.2) is 18.2 Å². The second-order valence-corrected chi connectivity index (χ2v) is 3.21. The lowest BCUT2D eigenvalue weighted by Crippen LogP contribution is -2.26. The van der Waals surface area contributed by atoms with Gasteiger partial charge in [-0.05, 0) is 12.1 Å². The van der Waals surface area contributed by atoms with Gasteiger partial charge in [0.05, 0.1) is 14.2 Å². The van der Waals surface area contributed by atoms with E-state index >= 15 is 0 Å². The van der Waals surface area contributed by atoms with Gasteiger partial charge >= 0.3 is 5.97 Å². The molecule has 1 aromatic carbocycles. The van der Waals surface area contributed by atoms with E-state index in [-0.39, 0.29) is 5.56 Å². The fourth-order valence-electron chi connectivity index (χ4n) is 1.16. The minimum atomic E-state index is -1.18. The average Bonchev–Trinajstić information content (AvgIpc) is 2.37. The second-order valence-electron chi connectivity index (χ2n) is 3.21. The van der Waals surface area contributed by atoms with Gasteiger partial charge in [0.15, 0.2) is 6.61 Å². The van der Waals surface area contributed by atoms with E-state index < -0.39 is 18.5 Å². The van der Waals surface area contributed by atoms with Crippen molar-refractivity contribution < 1.29 is 29.0 Å². The van der Waals surface area contributed by atoms with Gasteiger partial charge < -0.3 is 14.6 Å². The Balaban J connectivity index is 2.75. The van der Waals surface area contributed by atoms with Crippen molar-refractivity contribution in [3.05, 3.63) is 23.8 Å². The Morgan fingerprint density at radius 1 is 1.17 bits per heavy atom. The molecular formula is C11H13NO6.